The van der Waals surface area contributed by atoms with Crippen LogP contribution in [0.15, 0.2) is 6.33 Å². The van der Waals surface area contributed by atoms with Gasteiger partial charge in [-0.2, -0.15) is 5.10 Å². The van der Waals surface area contributed by atoms with Crippen LogP contribution in [0.25, 0.3) is 11.0 Å². The molecule has 0 aliphatic carbocycles. The van der Waals surface area contributed by atoms with Crippen molar-refractivity contribution in [2.75, 3.05) is 26.0 Å². The van der Waals surface area contributed by atoms with E-state index in [9.17, 15) is 4.79 Å². The molecule has 2 atom stereocenters. The molecule has 3 heterocycles. The first-order valence-corrected chi connectivity index (χ1v) is 9.42. The number of ether oxygens (including phenoxy) is 2. The molecule has 1 amide bonds. The topological polar surface area (TPSA) is 108 Å². The van der Waals surface area contributed by atoms with Crippen LogP contribution in [0.3, 0.4) is 0 Å². The zero-order chi connectivity index (χ0) is 19.1. The van der Waals surface area contributed by atoms with Gasteiger partial charge in [-0.1, -0.05) is 0 Å². The average molecular weight is 474 g/mol. The lowest BCUT2D eigenvalue weighted by atomic mass is 10.2. The molecule has 10 heteroatoms. The lowest BCUT2D eigenvalue weighted by Gasteiger charge is -2.28. The summed E-state index contributed by atoms with van der Waals surface area (Å²) < 4.78 is 13.4. The van der Waals surface area contributed by atoms with E-state index in [0.717, 1.165) is 9.09 Å². The van der Waals surface area contributed by atoms with E-state index >= 15 is 0 Å². The largest absolute Gasteiger partial charge is 0.444 e. The Balaban J connectivity index is 1.91. The summed E-state index contributed by atoms with van der Waals surface area (Å²) in [5.41, 5.74) is 6.10. The molecule has 0 aromatic carbocycles. The van der Waals surface area contributed by atoms with Crippen LogP contribution in [-0.4, -0.2) is 62.6 Å². The van der Waals surface area contributed by atoms with Crippen LogP contribution in [0.1, 0.15) is 33.2 Å². The maximum atomic E-state index is 12.6. The zero-order valence-corrected chi connectivity index (χ0v) is 17.4. The minimum absolute atomic E-state index is 0.0389. The number of nitrogens with two attached hydrogens (primary N) is 1. The summed E-state index contributed by atoms with van der Waals surface area (Å²) in [7, 11) is 1.63. The Labute approximate surface area is 165 Å². The van der Waals surface area contributed by atoms with Gasteiger partial charge in [0.05, 0.1) is 24.1 Å². The second kappa shape index (κ2) is 7.14. The van der Waals surface area contributed by atoms with E-state index in [0.29, 0.717) is 31.0 Å². The van der Waals surface area contributed by atoms with Gasteiger partial charge in [-0.15, -0.1) is 0 Å². The number of methoxy groups -OCH3 is 1. The van der Waals surface area contributed by atoms with E-state index < -0.39 is 5.60 Å². The number of nitrogens with zero attached hydrogens (tertiary/aromatic N) is 5. The van der Waals surface area contributed by atoms with Crippen molar-refractivity contribution in [3.05, 3.63) is 10.0 Å². The Morgan fingerprint density at radius 2 is 2.15 bits per heavy atom. The molecule has 0 bridgehead atoms. The van der Waals surface area contributed by atoms with Gasteiger partial charge in [-0.05, 0) is 49.8 Å². The maximum absolute atomic E-state index is 12.6. The maximum Gasteiger partial charge on any atom is 0.410 e. The normalized spacial score (nSPS) is 20.7. The van der Waals surface area contributed by atoms with Gasteiger partial charge in [0.1, 0.15) is 21.4 Å². The highest BCUT2D eigenvalue weighted by Crippen LogP contribution is 2.33. The van der Waals surface area contributed by atoms with Crippen molar-refractivity contribution in [2.24, 2.45) is 0 Å². The van der Waals surface area contributed by atoms with Crippen LogP contribution in [-0.2, 0) is 9.47 Å². The van der Waals surface area contributed by atoms with Gasteiger partial charge in [0.2, 0.25) is 0 Å². The van der Waals surface area contributed by atoms with Crippen molar-refractivity contribution in [2.45, 2.75) is 44.9 Å². The zero-order valence-electron chi connectivity index (χ0n) is 15.3. The summed E-state index contributed by atoms with van der Waals surface area (Å²) in [6, 6.07) is -0.126. The van der Waals surface area contributed by atoms with Crippen LogP contribution in [0, 0.1) is 3.70 Å². The predicted molar refractivity (Wildman–Crippen MR) is 105 cm³/mol. The van der Waals surface area contributed by atoms with E-state index in [1.807, 2.05) is 25.5 Å². The molecule has 9 nitrogen and oxygen atoms in total. The molecule has 1 aliphatic rings. The summed E-state index contributed by atoms with van der Waals surface area (Å²) in [6.45, 7) is 6.47. The third-order valence-corrected chi connectivity index (χ3v) is 4.96. The summed E-state index contributed by atoms with van der Waals surface area (Å²) in [5.74, 6) is 0.404. The molecule has 0 radical (unpaired) electrons. The van der Waals surface area contributed by atoms with Gasteiger partial charge in [0, 0.05) is 13.7 Å². The molecular weight excluding hydrogens is 451 g/mol. The number of aromatic nitrogens is 4. The van der Waals surface area contributed by atoms with Crippen LogP contribution in [0.5, 0.6) is 0 Å². The van der Waals surface area contributed by atoms with E-state index in [1.54, 1.807) is 12.0 Å². The van der Waals surface area contributed by atoms with Gasteiger partial charge in [0.15, 0.2) is 5.65 Å². The molecule has 2 aromatic heterocycles. The summed E-state index contributed by atoms with van der Waals surface area (Å²) in [6.07, 6.45) is 1.78. The Hall–Kier alpha value is -1.69. The molecule has 142 valence electrons. The van der Waals surface area contributed by atoms with Crippen LogP contribution >= 0.6 is 22.6 Å². The number of anilines is 1. The highest BCUT2D eigenvalue weighted by Gasteiger charge is 2.39. The first-order chi connectivity index (χ1) is 12.2. The predicted octanol–water partition coefficient (Wildman–Crippen LogP) is 2.21. The van der Waals surface area contributed by atoms with Gasteiger partial charge in [-0.25, -0.2) is 19.4 Å². The van der Waals surface area contributed by atoms with Gasteiger partial charge < -0.3 is 20.1 Å². The Kier molecular flexibility index (Phi) is 5.24. The molecule has 2 N–H and O–H groups in total. The first-order valence-electron chi connectivity index (χ1n) is 8.34. The van der Waals surface area contributed by atoms with Crippen molar-refractivity contribution in [3.8, 4) is 0 Å². The Bertz CT molecular complexity index is 818. The fourth-order valence-electron chi connectivity index (χ4n) is 3.17. The number of hydrogen-bond donors (Lipinski definition) is 1. The van der Waals surface area contributed by atoms with Gasteiger partial charge in [-0.3, -0.25) is 0 Å². The van der Waals surface area contributed by atoms with Gasteiger partial charge >= 0.3 is 6.09 Å². The molecule has 0 saturated carbocycles. The first kappa shape index (κ1) is 19.1. The summed E-state index contributed by atoms with van der Waals surface area (Å²) in [5, 5.41) is 5.34. The number of rotatable bonds is 3. The van der Waals surface area contributed by atoms with Crippen molar-refractivity contribution in [1.82, 2.24) is 24.6 Å². The highest BCUT2D eigenvalue weighted by atomic mass is 127. The molecule has 1 aliphatic heterocycles. The Morgan fingerprint density at radius 1 is 1.42 bits per heavy atom. The number of halogens is 1. The second-order valence-corrected chi connectivity index (χ2v) is 8.35. The fourth-order valence-corrected chi connectivity index (χ4v) is 3.92. The quantitative estimate of drug-likeness (QED) is 0.680. The Morgan fingerprint density at radius 3 is 2.81 bits per heavy atom. The lowest BCUT2D eigenvalue weighted by molar-refractivity contribution is 0.0145. The molecule has 0 unspecified atom stereocenters. The van der Waals surface area contributed by atoms with E-state index in [1.165, 1.54) is 6.33 Å². The molecule has 1 fully saturated rings. The molecule has 1 saturated heterocycles. The van der Waals surface area contributed by atoms with Crippen molar-refractivity contribution in [3.63, 3.8) is 0 Å². The van der Waals surface area contributed by atoms with Crippen LogP contribution in [0.2, 0.25) is 0 Å². The molecule has 0 spiro atoms. The van der Waals surface area contributed by atoms with Crippen molar-refractivity contribution in [1.29, 1.82) is 0 Å². The molecule has 2 aromatic rings. The number of likely N-dealkylation sites (tertiary alicyclic amines) is 1. The van der Waals surface area contributed by atoms with Crippen molar-refractivity contribution < 1.29 is 14.3 Å². The van der Waals surface area contributed by atoms with Crippen molar-refractivity contribution >= 4 is 45.5 Å². The van der Waals surface area contributed by atoms with Gasteiger partial charge in [0.25, 0.3) is 0 Å². The monoisotopic (exact) mass is 474 g/mol. The number of fused-ring (bicyclic) bond motifs is 1. The van der Waals surface area contributed by atoms with E-state index in [-0.39, 0.29) is 18.2 Å². The average Bonchev–Trinajstić information content (AvgIpc) is 3.08. The smallest absolute Gasteiger partial charge is 0.410 e. The third kappa shape index (κ3) is 3.70. The number of carbonyl (C=O) groups is 1. The summed E-state index contributed by atoms with van der Waals surface area (Å²) in [4.78, 5) is 22.7. The minimum Gasteiger partial charge on any atom is -0.444 e. The number of amides is 1. The lowest BCUT2D eigenvalue weighted by Crippen LogP contribution is -2.41. The highest BCUT2D eigenvalue weighted by molar-refractivity contribution is 14.1. The SMILES string of the molecule is COC[C@H]1C[C@H](n2nc(I)c3c(N)ncnc32)CN1C(=O)OC(C)(C)C. The second-order valence-electron chi connectivity index (χ2n) is 7.32. The molecular formula is C16H23IN6O3. The van der Waals surface area contributed by atoms with Crippen LogP contribution < -0.4 is 5.73 Å². The standard InChI is InChI=1S/C16H23IN6O3/c1-16(2,3)26-15(24)22-6-9(5-10(22)7-25-4)23-14-11(12(17)21-23)13(18)19-8-20-14/h8-10H,5-7H2,1-4H3,(H2,18,19,20)/t9-,10+/m0/s1. The fraction of sp³-hybridized carbons (Fsp3) is 0.625. The molecule has 3 rings (SSSR count). The third-order valence-electron chi connectivity index (χ3n) is 4.20. The number of nitrogen functional groups attached to an aromatic ring is 1. The number of carbonyl (C=O) groups excluding carboxylic acids is 1. The van der Waals surface area contributed by atoms with Crippen LogP contribution in [0.4, 0.5) is 10.6 Å². The molecule has 26 heavy (non-hydrogen) atoms. The minimum atomic E-state index is -0.553. The van der Waals surface area contributed by atoms with E-state index in [4.69, 9.17) is 15.2 Å². The number of hydrogen-bond acceptors (Lipinski definition) is 7. The summed E-state index contributed by atoms with van der Waals surface area (Å²) >= 11 is 2.13. The van der Waals surface area contributed by atoms with E-state index in [2.05, 4.69) is 37.7 Å².